The summed E-state index contributed by atoms with van der Waals surface area (Å²) in [7, 11) is 3.31. The van der Waals surface area contributed by atoms with Gasteiger partial charge in [0, 0.05) is 25.2 Å². The minimum absolute atomic E-state index is 0.0450. The predicted octanol–water partition coefficient (Wildman–Crippen LogP) is 4.17. The zero-order valence-corrected chi connectivity index (χ0v) is 17.9. The van der Waals surface area contributed by atoms with Gasteiger partial charge in [0.1, 0.15) is 11.8 Å². The van der Waals surface area contributed by atoms with E-state index in [2.05, 4.69) is 31.2 Å². The first-order valence-electron chi connectivity index (χ1n) is 9.92. The number of carbonyl (C=O) groups excluding carboxylic acids is 2. The standard InChI is InChI=1S/C23H27ClN2O3/c1-4-16-7-9-17(10-8-16)15-25(2)23(28)20-6-5-13-26(20)22(27)19-14-18(24)11-12-21(19)29-3/h7-12,14,20H,4-6,13,15H2,1-3H3/t20-/m1/s1. The molecule has 0 radical (unpaired) electrons. The van der Waals surface area contributed by atoms with Crippen LogP contribution >= 0.6 is 11.6 Å². The average Bonchev–Trinajstić information content (AvgIpc) is 3.23. The average molecular weight is 415 g/mol. The van der Waals surface area contributed by atoms with Crippen LogP contribution in [-0.4, -0.2) is 48.4 Å². The molecule has 0 spiro atoms. The van der Waals surface area contributed by atoms with E-state index in [1.807, 2.05) is 0 Å². The van der Waals surface area contributed by atoms with Gasteiger partial charge in [-0.1, -0.05) is 42.8 Å². The summed E-state index contributed by atoms with van der Waals surface area (Å²) in [6.07, 6.45) is 2.44. The molecule has 1 atom stereocenters. The van der Waals surface area contributed by atoms with E-state index >= 15 is 0 Å². The Kier molecular flexibility index (Phi) is 6.80. The number of ether oxygens (including phenoxy) is 1. The first-order valence-corrected chi connectivity index (χ1v) is 10.3. The van der Waals surface area contributed by atoms with Crippen LogP contribution < -0.4 is 4.74 Å². The molecule has 1 saturated heterocycles. The molecule has 5 nitrogen and oxygen atoms in total. The molecular formula is C23H27ClN2O3. The highest BCUT2D eigenvalue weighted by molar-refractivity contribution is 6.31. The zero-order valence-electron chi connectivity index (χ0n) is 17.2. The van der Waals surface area contributed by atoms with Gasteiger partial charge < -0.3 is 14.5 Å². The lowest BCUT2D eigenvalue weighted by Gasteiger charge is -2.28. The minimum Gasteiger partial charge on any atom is -0.496 e. The molecule has 1 fully saturated rings. The number of halogens is 1. The van der Waals surface area contributed by atoms with Crippen LogP contribution in [0.15, 0.2) is 42.5 Å². The van der Waals surface area contributed by atoms with E-state index in [-0.39, 0.29) is 11.8 Å². The van der Waals surface area contributed by atoms with Crippen molar-refractivity contribution in [3.8, 4) is 5.75 Å². The van der Waals surface area contributed by atoms with Gasteiger partial charge in [0.15, 0.2) is 0 Å². The SMILES string of the molecule is CCc1ccc(CN(C)C(=O)[C@H]2CCCN2C(=O)c2cc(Cl)ccc2OC)cc1. The third-order valence-electron chi connectivity index (χ3n) is 5.42. The number of amides is 2. The summed E-state index contributed by atoms with van der Waals surface area (Å²) in [4.78, 5) is 29.6. The fourth-order valence-corrected chi connectivity index (χ4v) is 3.93. The first-order chi connectivity index (χ1) is 13.9. The molecular weight excluding hydrogens is 388 g/mol. The number of methoxy groups -OCH3 is 1. The summed E-state index contributed by atoms with van der Waals surface area (Å²) in [5.41, 5.74) is 2.73. The molecule has 0 unspecified atom stereocenters. The summed E-state index contributed by atoms with van der Waals surface area (Å²) in [5.74, 6) is 0.194. The van der Waals surface area contributed by atoms with Crippen molar-refractivity contribution in [3.05, 3.63) is 64.2 Å². The van der Waals surface area contributed by atoms with Gasteiger partial charge in [-0.25, -0.2) is 0 Å². The highest BCUT2D eigenvalue weighted by Crippen LogP contribution is 2.28. The minimum atomic E-state index is -0.467. The second-order valence-corrected chi connectivity index (χ2v) is 7.80. The molecule has 0 N–H and O–H groups in total. The van der Waals surface area contributed by atoms with Crippen molar-refractivity contribution in [2.75, 3.05) is 20.7 Å². The highest BCUT2D eigenvalue weighted by Gasteiger charge is 2.37. The quantitative estimate of drug-likeness (QED) is 0.712. The van der Waals surface area contributed by atoms with E-state index in [0.717, 1.165) is 18.4 Å². The van der Waals surface area contributed by atoms with Gasteiger partial charge in [-0.15, -0.1) is 0 Å². The maximum absolute atomic E-state index is 13.2. The van der Waals surface area contributed by atoms with Crippen LogP contribution in [0.1, 0.15) is 41.3 Å². The number of likely N-dealkylation sites (N-methyl/N-ethyl adjacent to an activating group) is 1. The van der Waals surface area contributed by atoms with Gasteiger partial charge in [-0.2, -0.15) is 0 Å². The zero-order chi connectivity index (χ0) is 21.0. The smallest absolute Gasteiger partial charge is 0.258 e. The van der Waals surface area contributed by atoms with E-state index in [1.165, 1.54) is 12.7 Å². The predicted molar refractivity (Wildman–Crippen MR) is 114 cm³/mol. The van der Waals surface area contributed by atoms with E-state index in [4.69, 9.17) is 16.3 Å². The van der Waals surface area contributed by atoms with Crippen LogP contribution in [0.4, 0.5) is 0 Å². The van der Waals surface area contributed by atoms with Crippen LogP contribution in [0.5, 0.6) is 5.75 Å². The lowest BCUT2D eigenvalue weighted by atomic mass is 10.1. The van der Waals surface area contributed by atoms with Gasteiger partial charge in [0.05, 0.1) is 12.7 Å². The molecule has 29 heavy (non-hydrogen) atoms. The fraction of sp³-hybridized carbons (Fsp3) is 0.391. The maximum Gasteiger partial charge on any atom is 0.258 e. The van der Waals surface area contributed by atoms with Gasteiger partial charge in [-0.05, 0) is 48.6 Å². The summed E-state index contributed by atoms with van der Waals surface area (Å²) < 4.78 is 5.32. The summed E-state index contributed by atoms with van der Waals surface area (Å²) >= 11 is 6.08. The molecule has 1 heterocycles. The van der Waals surface area contributed by atoms with Crippen molar-refractivity contribution in [1.82, 2.24) is 9.80 Å². The second kappa shape index (κ2) is 9.31. The lowest BCUT2D eigenvalue weighted by Crippen LogP contribution is -2.46. The summed E-state index contributed by atoms with van der Waals surface area (Å²) in [5, 5.41) is 0.462. The van der Waals surface area contributed by atoms with Gasteiger partial charge in [0.25, 0.3) is 5.91 Å². The van der Waals surface area contributed by atoms with Crippen LogP contribution in [0, 0.1) is 0 Å². The van der Waals surface area contributed by atoms with Crippen LogP contribution in [0.3, 0.4) is 0 Å². The number of benzene rings is 2. The summed E-state index contributed by atoms with van der Waals surface area (Å²) in [6.45, 7) is 3.18. The molecule has 0 bridgehead atoms. The van der Waals surface area contributed by atoms with Crippen molar-refractivity contribution in [2.24, 2.45) is 0 Å². The van der Waals surface area contributed by atoms with E-state index in [9.17, 15) is 9.59 Å². The molecule has 2 aromatic carbocycles. The molecule has 1 aliphatic rings. The fourth-order valence-electron chi connectivity index (χ4n) is 3.76. The number of hydrogen-bond donors (Lipinski definition) is 0. The molecule has 0 aliphatic carbocycles. The van der Waals surface area contributed by atoms with Crippen LogP contribution in [0.25, 0.3) is 0 Å². The number of aryl methyl sites for hydroxylation is 1. The maximum atomic E-state index is 13.2. The third-order valence-corrected chi connectivity index (χ3v) is 5.65. The molecule has 6 heteroatoms. The Bertz CT molecular complexity index is 882. The normalized spacial score (nSPS) is 16.0. The molecule has 3 rings (SSSR count). The van der Waals surface area contributed by atoms with Gasteiger partial charge in [0.2, 0.25) is 5.91 Å². The first kappa shape index (κ1) is 21.2. The van der Waals surface area contributed by atoms with Crippen molar-refractivity contribution in [3.63, 3.8) is 0 Å². The lowest BCUT2D eigenvalue weighted by molar-refractivity contribution is -0.134. The number of carbonyl (C=O) groups is 2. The third kappa shape index (κ3) is 4.73. The number of nitrogens with zero attached hydrogens (tertiary/aromatic N) is 2. The van der Waals surface area contributed by atoms with Crippen molar-refractivity contribution in [1.29, 1.82) is 0 Å². The molecule has 154 valence electrons. The Hall–Kier alpha value is -2.53. The Balaban J connectivity index is 1.74. The van der Waals surface area contributed by atoms with Crippen molar-refractivity contribution < 1.29 is 14.3 Å². The number of hydrogen-bond acceptors (Lipinski definition) is 3. The molecule has 0 aromatic heterocycles. The molecule has 0 saturated carbocycles. The van der Waals surface area contributed by atoms with Gasteiger partial charge >= 0.3 is 0 Å². The Morgan fingerprint density at radius 3 is 2.52 bits per heavy atom. The second-order valence-electron chi connectivity index (χ2n) is 7.37. The Labute approximate surface area is 177 Å². The van der Waals surface area contributed by atoms with E-state index in [0.29, 0.717) is 35.8 Å². The van der Waals surface area contributed by atoms with Gasteiger partial charge in [-0.3, -0.25) is 9.59 Å². The highest BCUT2D eigenvalue weighted by atomic mass is 35.5. The van der Waals surface area contributed by atoms with E-state index in [1.54, 1.807) is 35.0 Å². The largest absolute Gasteiger partial charge is 0.496 e. The number of likely N-dealkylation sites (tertiary alicyclic amines) is 1. The Morgan fingerprint density at radius 2 is 1.86 bits per heavy atom. The summed E-state index contributed by atoms with van der Waals surface area (Å²) in [6, 6.07) is 12.8. The van der Waals surface area contributed by atoms with E-state index < -0.39 is 6.04 Å². The topological polar surface area (TPSA) is 49.9 Å². The van der Waals surface area contributed by atoms with Crippen LogP contribution in [-0.2, 0) is 17.8 Å². The van der Waals surface area contributed by atoms with Crippen molar-refractivity contribution >= 4 is 23.4 Å². The molecule has 2 amide bonds. The van der Waals surface area contributed by atoms with Crippen LogP contribution in [0.2, 0.25) is 5.02 Å². The number of rotatable bonds is 6. The monoisotopic (exact) mass is 414 g/mol. The van der Waals surface area contributed by atoms with Crippen molar-refractivity contribution in [2.45, 2.75) is 38.8 Å². The Morgan fingerprint density at radius 1 is 1.17 bits per heavy atom. The molecule has 2 aromatic rings. The molecule has 1 aliphatic heterocycles.